The molecule has 20 heavy (non-hydrogen) atoms. The summed E-state index contributed by atoms with van der Waals surface area (Å²) in [5.74, 6) is 0.804. The second-order valence-electron chi connectivity index (χ2n) is 6.29. The summed E-state index contributed by atoms with van der Waals surface area (Å²) < 4.78 is 5.38. The van der Waals surface area contributed by atoms with E-state index in [0.29, 0.717) is 0 Å². The number of carbonyl (C=O) groups excluding carboxylic acids is 1. The number of hydrogen-bond acceptors (Lipinski definition) is 4. The molecule has 2 aliphatic rings. The summed E-state index contributed by atoms with van der Waals surface area (Å²) >= 11 is 0. The Bertz CT molecular complexity index is 298. The summed E-state index contributed by atoms with van der Waals surface area (Å²) in [6.07, 6.45) is -0.174. The first kappa shape index (κ1) is 19.8. The van der Waals surface area contributed by atoms with Crippen LogP contribution in [-0.2, 0) is 4.74 Å². The highest BCUT2D eigenvalue weighted by Crippen LogP contribution is 2.13. The standard InChI is InChI=1S/C13H25N3O2.2ClH/c1-13(2,3)18-12(17)16-6-4-15(5-7-16)10-11-8-14-9-11;;/h11,14H,4-10H2,1-3H3;2*1H. The van der Waals surface area contributed by atoms with Crippen LogP contribution >= 0.6 is 24.8 Å². The molecule has 2 saturated heterocycles. The summed E-state index contributed by atoms with van der Waals surface area (Å²) in [5, 5.41) is 3.29. The number of amides is 1. The molecule has 0 spiro atoms. The lowest BCUT2D eigenvalue weighted by Gasteiger charge is -2.39. The zero-order chi connectivity index (χ0) is 13.2. The molecule has 2 rings (SSSR count). The average Bonchev–Trinajstić information content (AvgIpc) is 2.22. The van der Waals surface area contributed by atoms with Crippen molar-refractivity contribution in [1.82, 2.24) is 15.1 Å². The van der Waals surface area contributed by atoms with Gasteiger partial charge in [0.25, 0.3) is 0 Å². The molecule has 0 atom stereocenters. The number of ether oxygens (including phenoxy) is 1. The van der Waals surface area contributed by atoms with E-state index in [2.05, 4.69) is 10.2 Å². The summed E-state index contributed by atoms with van der Waals surface area (Å²) in [6, 6.07) is 0. The molecule has 7 heteroatoms. The van der Waals surface area contributed by atoms with Gasteiger partial charge in [0.15, 0.2) is 0 Å². The number of nitrogens with zero attached hydrogens (tertiary/aromatic N) is 2. The fraction of sp³-hybridized carbons (Fsp3) is 0.923. The van der Waals surface area contributed by atoms with Gasteiger partial charge in [-0.15, -0.1) is 24.8 Å². The largest absolute Gasteiger partial charge is 0.444 e. The Morgan fingerprint density at radius 3 is 2.10 bits per heavy atom. The third-order valence-corrected chi connectivity index (χ3v) is 3.41. The third-order valence-electron chi connectivity index (χ3n) is 3.41. The molecule has 2 fully saturated rings. The molecular formula is C13H27Cl2N3O2. The minimum atomic E-state index is -0.397. The van der Waals surface area contributed by atoms with Crippen LogP contribution in [0.3, 0.4) is 0 Å². The molecule has 2 aliphatic heterocycles. The first-order valence-corrected chi connectivity index (χ1v) is 6.85. The molecule has 0 unspecified atom stereocenters. The van der Waals surface area contributed by atoms with E-state index < -0.39 is 5.60 Å². The monoisotopic (exact) mass is 327 g/mol. The van der Waals surface area contributed by atoms with Crippen molar-refractivity contribution in [3.8, 4) is 0 Å². The molecule has 0 aromatic carbocycles. The minimum absolute atomic E-state index is 0. The van der Waals surface area contributed by atoms with Crippen molar-refractivity contribution in [1.29, 1.82) is 0 Å². The van der Waals surface area contributed by atoms with Crippen LogP contribution in [0.1, 0.15) is 20.8 Å². The smallest absolute Gasteiger partial charge is 0.410 e. The van der Waals surface area contributed by atoms with Crippen LogP contribution in [0.2, 0.25) is 0 Å². The molecule has 0 saturated carbocycles. The summed E-state index contributed by atoms with van der Waals surface area (Å²) in [7, 11) is 0. The Labute approximate surface area is 134 Å². The number of nitrogens with one attached hydrogen (secondary N) is 1. The molecule has 2 heterocycles. The van der Waals surface area contributed by atoms with E-state index in [9.17, 15) is 4.79 Å². The fourth-order valence-corrected chi connectivity index (χ4v) is 2.28. The van der Waals surface area contributed by atoms with Gasteiger partial charge in [0.05, 0.1) is 0 Å². The maximum atomic E-state index is 11.9. The van der Waals surface area contributed by atoms with E-state index in [1.165, 1.54) is 0 Å². The highest BCUT2D eigenvalue weighted by Gasteiger charge is 2.27. The molecule has 0 aromatic rings. The van der Waals surface area contributed by atoms with Gasteiger partial charge in [-0.25, -0.2) is 4.79 Å². The Kier molecular flexibility index (Phi) is 8.18. The quantitative estimate of drug-likeness (QED) is 0.836. The Hall–Kier alpha value is -0.230. The van der Waals surface area contributed by atoms with Crippen LogP contribution < -0.4 is 5.32 Å². The lowest BCUT2D eigenvalue weighted by atomic mass is 10.0. The number of halogens is 2. The normalized spacial score (nSPS) is 20.4. The predicted molar refractivity (Wildman–Crippen MR) is 85.1 cm³/mol. The number of hydrogen-bond donors (Lipinski definition) is 1. The van der Waals surface area contributed by atoms with Crippen LogP contribution in [0.25, 0.3) is 0 Å². The zero-order valence-electron chi connectivity index (χ0n) is 12.6. The minimum Gasteiger partial charge on any atom is -0.444 e. The SMILES string of the molecule is CC(C)(C)OC(=O)N1CCN(CC2CNC2)CC1.Cl.Cl. The van der Waals surface area contributed by atoms with E-state index in [4.69, 9.17) is 4.74 Å². The van der Waals surface area contributed by atoms with Crippen molar-refractivity contribution < 1.29 is 9.53 Å². The molecule has 0 radical (unpaired) electrons. The maximum absolute atomic E-state index is 11.9. The lowest BCUT2D eigenvalue weighted by molar-refractivity contribution is 0.0126. The molecule has 0 aromatic heterocycles. The average molecular weight is 328 g/mol. The van der Waals surface area contributed by atoms with E-state index in [-0.39, 0.29) is 30.9 Å². The van der Waals surface area contributed by atoms with Crippen LogP contribution in [0.5, 0.6) is 0 Å². The maximum Gasteiger partial charge on any atom is 0.410 e. The van der Waals surface area contributed by atoms with E-state index in [1.54, 1.807) is 0 Å². The summed E-state index contributed by atoms with van der Waals surface area (Å²) in [6.45, 7) is 12.7. The van der Waals surface area contributed by atoms with Crippen LogP contribution in [0.4, 0.5) is 4.79 Å². The predicted octanol–water partition coefficient (Wildman–Crippen LogP) is 1.60. The van der Waals surface area contributed by atoms with Gasteiger partial charge in [-0.3, -0.25) is 4.90 Å². The van der Waals surface area contributed by atoms with Crippen molar-refractivity contribution >= 4 is 30.9 Å². The van der Waals surface area contributed by atoms with E-state index >= 15 is 0 Å². The van der Waals surface area contributed by atoms with E-state index in [1.807, 2.05) is 25.7 Å². The topological polar surface area (TPSA) is 44.8 Å². The van der Waals surface area contributed by atoms with Crippen LogP contribution in [0.15, 0.2) is 0 Å². The second kappa shape index (κ2) is 8.27. The van der Waals surface area contributed by atoms with Crippen molar-refractivity contribution in [2.75, 3.05) is 45.8 Å². The molecule has 0 bridgehead atoms. The van der Waals surface area contributed by atoms with Crippen LogP contribution in [0, 0.1) is 5.92 Å². The summed E-state index contributed by atoms with van der Waals surface area (Å²) in [5.41, 5.74) is -0.397. The van der Waals surface area contributed by atoms with Crippen molar-refractivity contribution in [3.05, 3.63) is 0 Å². The summed E-state index contributed by atoms with van der Waals surface area (Å²) in [4.78, 5) is 16.2. The molecule has 120 valence electrons. The zero-order valence-corrected chi connectivity index (χ0v) is 14.2. The van der Waals surface area contributed by atoms with Gasteiger partial charge in [0.2, 0.25) is 0 Å². The Morgan fingerprint density at radius 1 is 1.15 bits per heavy atom. The Morgan fingerprint density at radius 2 is 1.70 bits per heavy atom. The molecule has 0 aliphatic carbocycles. The molecular weight excluding hydrogens is 301 g/mol. The van der Waals surface area contributed by atoms with Crippen molar-refractivity contribution in [2.45, 2.75) is 26.4 Å². The van der Waals surface area contributed by atoms with Crippen molar-refractivity contribution in [2.24, 2.45) is 5.92 Å². The lowest BCUT2D eigenvalue weighted by Crippen LogP contribution is -2.54. The van der Waals surface area contributed by atoms with Gasteiger partial charge in [-0.1, -0.05) is 0 Å². The van der Waals surface area contributed by atoms with Gasteiger partial charge >= 0.3 is 6.09 Å². The van der Waals surface area contributed by atoms with Gasteiger partial charge in [0, 0.05) is 45.8 Å². The Balaban J connectivity index is 0.00000180. The number of carbonyl (C=O) groups is 1. The van der Waals surface area contributed by atoms with Gasteiger partial charge in [0.1, 0.15) is 5.60 Å². The fourth-order valence-electron chi connectivity index (χ4n) is 2.28. The number of rotatable bonds is 2. The third kappa shape index (κ3) is 6.04. The highest BCUT2D eigenvalue weighted by atomic mass is 35.5. The van der Waals surface area contributed by atoms with Gasteiger partial charge < -0.3 is 15.0 Å². The first-order valence-electron chi connectivity index (χ1n) is 6.85. The molecule has 5 nitrogen and oxygen atoms in total. The second-order valence-corrected chi connectivity index (χ2v) is 6.29. The molecule has 1 N–H and O–H groups in total. The first-order chi connectivity index (χ1) is 8.44. The van der Waals surface area contributed by atoms with Crippen LogP contribution in [-0.4, -0.2) is 67.3 Å². The number of piperazine rings is 1. The highest BCUT2D eigenvalue weighted by molar-refractivity contribution is 5.85. The van der Waals surface area contributed by atoms with Crippen molar-refractivity contribution in [3.63, 3.8) is 0 Å². The van der Waals surface area contributed by atoms with E-state index in [0.717, 1.165) is 51.7 Å². The molecule has 1 amide bonds. The van der Waals surface area contributed by atoms with Gasteiger partial charge in [-0.05, 0) is 26.7 Å². The van der Waals surface area contributed by atoms with Gasteiger partial charge in [-0.2, -0.15) is 0 Å².